The number of halogens is 1. The molecule has 0 radical (unpaired) electrons. The first kappa shape index (κ1) is 13.3. The van der Waals surface area contributed by atoms with E-state index in [9.17, 15) is 4.79 Å². The average Bonchev–Trinajstić information content (AvgIpc) is 2.49. The molecule has 0 atom stereocenters. The molecule has 0 saturated heterocycles. The van der Waals surface area contributed by atoms with E-state index in [2.05, 4.69) is 15.5 Å². The maximum atomic E-state index is 12.3. The third-order valence-electron chi connectivity index (χ3n) is 3.04. The van der Waals surface area contributed by atoms with Gasteiger partial charge in [0.15, 0.2) is 11.0 Å². The van der Waals surface area contributed by atoms with Gasteiger partial charge in [-0.15, -0.1) is 10.2 Å². The Labute approximate surface area is 125 Å². The van der Waals surface area contributed by atoms with Gasteiger partial charge >= 0.3 is 0 Å². The summed E-state index contributed by atoms with van der Waals surface area (Å²) in [5, 5.41) is 12.3. The molecule has 0 unspecified atom stereocenters. The summed E-state index contributed by atoms with van der Waals surface area (Å²) in [6.45, 7) is 0. The van der Waals surface area contributed by atoms with Crippen LogP contribution in [-0.2, 0) is 0 Å². The largest absolute Gasteiger partial charge is 0.398 e. The van der Waals surface area contributed by atoms with Crippen molar-refractivity contribution in [1.82, 2.24) is 10.2 Å². The lowest BCUT2D eigenvalue weighted by Gasteiger charge is -2.08. The summed E-state index contributed by atoms with van der Waals surface area (Å²) >= 11 is 5.65. The molecule has 21 heavy (non-hydrogen) atoms. The zero-order valence-corrected chi connectivity index (χ0v) is 11.6. The Balaban J connectivity index is 1.93. The standard InChI is InChI=1S/C15H11ClN4O/c16-13-5-6-14(20-19-13)18-15(21)11-7-9-3-1-2-4-10(9)8-12(11)17/h1-8H,17H2,(H,18,20,21). The first-order chi connectivity index (χ1) is 10.1. The lowest BCUT2D eigenvalue weighted by molar-refractivity contribution is 0.102. The maximum Gasteiger partial charge on any atom is 0.258 e. The van der Waals surface area contributed by atoms with Crippen LogP contribution in [0.2, 0.25) is 5.15 Å². The summed E-state index contributed by atoms with van der Waals surface area (Å²) in [4.78, 5) is 12.3. The van der Waals surface area contributed by atoms with Crippen LogP contribution in [0, 0.1) is 0 Å². The highest BCUT2D eigenvalue weighted by atomic mass is 35.5. The Hall–Kier alpha value is -2.66. The van der Waals surface area contributed by atoms with Crippen molar-refractivity contribution in [3.8, 4) is 0 Å². The van der Waals surface area contributed by atoms with Gasteiger partial charge in [-0.05, 0) is 35.0 Å². The molecule has 1 aromatic heterocycles. The lowest BCUT2D eigenvalue weighted by Crippen LogP contribution is -2.15. The van der Waals surface area contributed by atoms with Crippen LogP contribution in [0.5, 0.6) is 0 Å². The van der Waals surface area contributed by atoms with Crippen LogP contribution < -0.4 is 11.1 Å². The molecular weight excluding hydrogens is 288 g/mol. The molecule has 0 bridgehead atoms. The molecule has 0 aliphatic rings. The number of carbonyl (C=O) groups is 1. The number of benzene rings is 2. The van der Waals surface area contributed by atoms with Crippen LogP contribution >= 0.6 is 11.6 Å². The van der Waals surface area contributed by atoms with Crippen LogP contribution in [0.1, 0.15) is 10.4 Å². The van der Waals surface area contributed by atoms with Crippen molar-refractivity contribution < 1.29 is 4.79 Å². The number of hydrogen-bond acceptors (Lipinski definition) is 4. The Morgan fingerprint density at radius 3 is 2.43 bits per heavy atom. The molecule has 0 aliphatic heterocycles. The van der Waals surface area contributed by atoms with E-state index < -0.39 is 0 Å². The van der Waals surface area contributed by atoms with Crippen LogP contribution in [0.4, 0.5) is 11.5 Å². The van der Waals surface area contributed by atoms with Gasteiger partial charge in [-0.3, -0.25) is 4.79 Å². The number of nitrogens with zero attached hydrogens (tertiary/aromatic N) is 2. The number of amides is 1. The fourth-order valence-electron chi connectivity index (χ4n) is 2.02. The second-order valence-electron chi connectivity index (χ2n) is 4.48. The van der Waals surface area contributed by atoms with Gasteiger partial charge in [0.25, 0.3) is 5.91 Å². The van der Waals surface area contributed by atoms with Crippen LogP contribution in [0.3, 0.4) is 0 Å². The summed E-state index contributed by atoms with van der Waals surface area (Å²) in [5.41, 5.74) is 6.75. The fourth-order valence-corrected chi connectivity index (χ4v) is 2.12. The summed E-state index contributed by atoms with van der Waals surface area (Å²) < 4.78 is 0. The molecule has 3 rings (SSSR count). The molecule has 3 aromatic rings. The molecule has 6 heteroatoms. The Kier molecular flexibility index (Phi) is 3.41. The van der Waals surface area contributed by atoms with E-state index in [1.807, 2.05) is 24.3 Å². The summed E-state index contributed by atoms with van der Waals surface area (Å²) in [5.74, 6) is -0.0214. The third kappa shape index (κ3) is 2.78. The highest BCUT2D eigenvalue weighted by Crippen LogP contribution is 2.22. The zero-order chi connectivity index (χ0) is 14.8. The highest BCUT2D eigenvalue weighted by molar-refractivity contribution is 6.29. The number of carbonyl (C=O) groups excluding carboxylic acids is 1. The monoisotopic (exact) mass is 298 g/mol. The van der Waals surface area contributed by atoms with Gasteiger partial charge in [0.1, 0.15) is 0 Å². The molecule has 0 spiro atoms. The summed E-state index contributed by atoms with van der Waals surface area (Å²) in [7, 11) is 0. The minimum absolute atomic E-state index is 0.262. The van der Waals surface area contributed by atoms with E-state index in [1.54, 1.807) is 24.3 Å². The van der Waals surface area contributed by atoms with E-state index in [4.69, 9.17) is 17.3 Å². The van der Waals surface area contributed by atoms with Crippen molar-refractivity contribution in [2.75, 3.05) is 11.1 Å². The SMILES string of the molecule is Nc1cc2ccccc2cc1C(=O)Nc1ccc(Cl)nn1. The lowest BCUT2D eigenvalue weighted by atomic mass is 10.0. The van der Waals surface area contributed by atoms with Crippen LogP contribution in [0.15, 0.2) is 48.5 Å². The van der Waals surface area contributed by atoms with Crippen LogP contribution in [-0.4, -0.2) is 16.1 Å². The Bertz CT molecular complexity index is 818. The second kappa shape index (κ2) is 5.38. The smallest absolute Gasteiger partial charge is 0.258 e. The van der Waals surface area contributed by atoms with Crippen molar-refractivity contribution in [2.24, 2.45) is 0 Å². The Morgan fingerprint density at radius 2 is 1.76 bits per heavy atom. The van der Waals surface area contributed by atoms with E-state index in [0.717, 1.165) is 10.8 Å². The van der Waals surface area contributed by atoms with Gasteiger partial charge in [0, 0.05) is 5.69 Å². The molecule has 1 heterocycles. The fraction of sp³-hybridized carbons (Fsp3) is 0. The van der Waals surface area contributed by atoms with E-state index in [0.29, 0.717) is 17.1 Å². The minimum atomic E-state index is -0.338. The van der Waals surface area contributed by atoms with Gasteiger partial charge < -0.3 is 11.1 Å². The predicted molar refractivity (Wildman–Crippen MR) is 83.4 cm³/mol. The number of nitrogens with two attached hydrogens (primary N) is 1. The van der Waals surface area contributed by atoms with Crippen molar-refractivity contribution in [2.45, 2.75) is 0 Å². The molecule has 104 valence electrons. The minimum Gasteiger partial charge on any atom is -0.398 e. The summed E-state index contributed by atoms with van der Waals surface area (Å²) in [6.07, 6.45) is 0. The quantitative estimate of drug-likeness (QED) is 0.712. The van der Waals surface area contributed by atoms with E-state index in [1.165, 1.54) is 0 Å². The number of nitrogens with one attached hydrogen (secondary N) is 1. The molecule has 3 N–H and O–H groups in total. The summed E-state index contributed by atoms with van der Waals surface area (Å²) in [6, 6.07) is 14.3. The number of fused-ring (bicyclic) bond motifs is 1. The Morgan fingerprint density at radius 1 is 1.05 bits per heavy atom. The zero-order valence-electron chi connectivity index (χ0n) is 10.9. The molecule has 0 aliphatic carbocycles. The van der Waals surface area contributed by atoms with Crippen LogP contribution in [0.25, 0.3) is 10.8 Å². The number of hydrogen-bond donors (Lipinski definition) is 2. The normalized spacial score (nSPS) is 10.5. The topological polar surface area (TPSA) is 80.9 Å². The first-order valence-electron chi connectivity index (χ1n) is 6.22. The first-order valence-corrected chi connectivity index (χ1v) is 6.60. The van der Waals surface area contributed by atoms with Gasteiger partial charge in [-0.2, -0.15) is 0 Å². The van der Waals surface area contributed by atoms with Crippen molar-refractivity contribution >= 4 is 39.8 Å². The van der Waals surface area contributed by atoms with E-state index >= 15 is 0 Å². The maximum absolute atomic E-state index is 12.3. The third-order valence-corrected chi connectivity index (χ3v) is 3.24. The highest BCUT2D eigenvalue weighted by Gasteiger charge is 2.12. The number of anilines is 2. The van der Waals surface area contributed by atoms with Crippen molar-refractivity contribution in [3.63, 3.8) is 0 Å². The van der Waals surface area contributed by atoms with E-state index in [-0.39, 0.29) is 11.1 Å². The average molecular weight is 299 g/mol. The number of aromatic nitrogens is 2. The van der Waals surface area contributed by atoms with Gasteiger partial charge in [0.05, 0.1) is 5.56 Å². The van der Waals surface area contributed by atoms with Gasteiger partial charge in [0.2, 0.25) is 0 Å². The van der Waals surface area contributed by atoms with Crippen molar-refractivity contribution in [3.05, 3.63) is 59.2 Å². The number of nitrogen functional groups attached to an aromatic ring is 1. The molecule has 2 aromatic carbocycles. The van der Waals surface area contributed by atoms with Gasteiger partial charge in [-0.1, -0.05) is 35.9 Å². The molecule has 0 fully saturated rings. The van der Waals surface area contributed by atoms with Gasteiger partial charge in [-0.25, -0.2) is 0 Å². The number of rotatable bonds is 2. The predicted octanol–water partition coefficient (Wildman–Crippen LogP) is 3.12. The molecular formula is C15H11ClN4O. The van der Waals surface area contributed by atoms with Crippen molar-refractivity contribution in [1.29, 1.82) is 0 Å². The second-order valence-corrected chi connectivity index (χ2v) is 4.87. The molecule has 5 nitrogen and oxygen atoms in total. The molecule has 0 saturated carbocycles. The molecule has 1 amide bonds.